The van der Waals surface area contributed by atoms with E-state index in [0.717, 1.165) is 5.56 Å². The van der Waals surface area contributed by atoms with Crippen molar-refractivity contribution in [3.05, 3.63) is 65.2 Å². The monoisotopic (exact) mass is 302 g/mol. The lowest BCUT2D eigenvalue weighted by molar-refractivity contribution is -0.142. The van der Waals surface area contributed by atoms with Gasteiger partial charge < -0.3 is 10.2 Å². The summed E-state index contributed by atoms with van der Waals surface area (Å²) in [7, 11) is 1.59. The van der Waals surface area contributed by atoms with Crippen LogP contribution in [0.5, 0.6) is 0 Å². The number of halogens is 1. The zero-order valence-corrected chi connectivity index (χ0v) is 12.3. The Kier molecular flexibility index (Phi) is 4.95. The molecule has 2 aromatic rings. The summed E-state index contributed by atoms with van der Waals surface area (Å²) in [5, 5.41) is 3.03. The van der Waals surface area contributed by atoms with Crippen LogP contribution in [-0.4, -0.2) is 23.8 Å². The molecule has 108 valence electrons. The summed E-state index contributed by atoms with van der Waals surface area (Å²) < 4.78 is 0. The van der Waals surface area contributed by atoms with E-state index in [2.05, 4.69) is 5.32 Å². The highest BCUT2D eigenvalue weighted by atomic mass is 35.5. The lowest BCUT2D eigenvalue weighted by atomic mass is 10.2. The van der Waals surface area contributed by atoms with Gasteiger partial charge in [-0.2, -0.15) is 0 Å². The molecule has 0 bridgehead atoms. The van der Waals surface area contributed by atoms with Crippen molar-refractivity contribution in [2.24, 2.45) is 0 Å². The molecule has 0 aliphatic carbocycles. The Morgan fingerprint density at radius 1 is 1.10 bits per heavy atom. The van der Waals surface area contributed by atoms with Crippen LogP contribution in [0.3, 0.4) is 0 Å². The highest BCUT2D eigenvalue weighted by Gasteiger charge is 2.18. The molecule has 0 aliphatic rings. The molecule has 0 aliphatic heterocycles. The Morgan fingerprint density at radius 3 is 2.48 bits per heavy atom. The van der Waals surface area contributed by atoms with Crippen molar-refractivity contribution in [2.45, 2.75) is 6.54 Å². The number of hydrogen-bond acceptors (Lipinski definition) is 2. The van der Waals surface area contributed by atoms with Crippen molar-refractivity contribution in [2.75, 3.05) is 12.4 Å². The number of rotatable bonds is 3. The van der Waals surface area contributed by atoms with E-state index in [4.69, 9.17) is 11.6 Å². The van der Waals surface area contributed by atoms with E-state index in [0.29, 0.717) is 17.3 Å². The predicted octanol–water partition coefficient (Wildman–Crippen LogP) is 2.94. The Hall–Kier alpha value is -2.33. The van der Waals surface area contributed by atoms with E-state index >= 15 is 0 Å². The van der Waals surface area contributed by atoms with Gasteiger partial charge >= 0.3 is 11.8 Å². The molecule has 0 saturated carbocycles. The molecule has 0 fully saturated rings. The van der Waals surface area contributed by atoms with Crippen LogP contribution < -0.4 is 5.32 Å². The standard InChI is InChI=1S/C16H15ClN2O2/c1-19(11-12-6-3-2-4-7-12)16(21)15(20)18-14-9-5-8-13(17)10-14/h2-10H,11H2,1H3,(H,18,20). The first-order chi connectivity index (χ1) is 10.1. The normalized spacial score (nSPS) is 10.0. The molecule has 21 heavy (non-hydrogen) atoms. The Morgan fingerprint density at radius 2 is 1.81 bits per heavy atom. The molecule has 0 radical (unpaired) electrons. The van der Waals surface area contributed by atoms with E-state index in [9.17, 15) is 9.59 Å². The minimum atomic E-state index is -0.685. The van der Waals surface area contributed by atoms with Crippen LogP contribution in [0.25, 0.3) is 0 Å². The van der Waals surface area contributed by atoms with Crippen LogP contribution >= 0.6 is 11.6 Å². The van der Waals surface area contributed by atoms with Crippen molar-refractivity contribution < 1.29 is 9.59 Å². The van der Waals surface area contributed by atoms with Gasteiger partial charge in [-0.1, -0.05) is 48.0 Å². The molecule has 2 aromatic carbocycles. The average Bonchev–Trinajstić information content (AvgIpc) is 2.47. The fourth-order valence-electron chi connectivity index (χ4n) is 1.85. The van der Waals surface area contributed by atoms with Crippen LogP contribution in [0.2, 0.25) is 5.02 Å². The van der Waals surface area contributed by atoms with Crippen molar-refractivity contribution in [1.82, 2.24) is 4.90 Å². The third-order valence-corrected chi connectivity index (χ3v) is 3.12. The second kappa shape index (κ2) is 6.90. The molecular formula is C16H15ClN2O2. The molecule has 2 amide bonds. The van der Waals surface area contributed by atoms with E-state index in [1.54, 1.807) is 31.3 Å². The number of nitrogens with zero attached hydrogens (tertiary/aromatic N) is 1. The predicted molar refractivity (Wildman–Crippen MR) is 83.0 cm³/mol. The Bertz CT molecular complexity index is 644. The first kappa shape index (κ1) is 15.1. The zero-order valence-electron chi connectivity index (χ0n) is 11.5. The molecule has 0 spiro atoms. The van der Waals surface area contributed by atoms with Crippen LogP contribution in [0.4, 0.5) is 5.69 Å². The SMILES string of the molecule is CN(Cc1ccccc1)C(=O)C(=O)Nc1cccc(Cl)c1. The number of carbonyl (C=O) groups is 2. The molecule has 0 unspecified atom stereocenters. The highest BCUT2D eigenvalue weighted by molar-refractivity contribution is 6.39. The summed E-state index contributed by atoms with van der Waals surface area (Å²) in [6, 6.07) is 16.1. The van der Waals surface area contributed by atoms with E-state index in [1.165, 1.54) is 4.90 Å². The van der Waals surface area contributed by atoms with Crippen molar-refractivity contribution in [3.8, 4) is 0 Å². The van der Waals surface area contributed by atoms with Gasteiger partial charge in [0.1, 0.15) is 0 Å². The number of anilines is 1. The molecule has 0 aromatic heterocycles. The summed E-state index contributed by atoms with van der Waals surface area (Å²) in [6.07, 6.45) is 0. The number of hydrogen-bond donors (Lipinski definition) is 1. The van der Waals surface area contributed by atoms with Gasteiger partial charge in [-0.05, 0) is 23.8 Å². The number of nitrogens with one attached hydrogen (secondary N) is 1. The third-order valence-electron chi connectivity index (χ3n) is 2.89. The fraction of sp³-hybridized carbons (Fsp3) is 0.125. The van der Waals surface area contributed by atoms with Gasteiger partial charge in [0.15, 0.2) is 0 Å². The molecule has 0 saturated heterocycles. The highest BCUT2D eigenvalue weighted by Crippen LogP contribution is 2.15. The first-order valence-electron chi connectivity index (χ1n) is 6.42. The maximum atomic E-state index is 12.0. The molecule has 4 nitrogen and oxygen atoms in total. The first-order valence-corrected chi connectivity index (χ1v) is 6.80. The topological polar surface area (TPSA) is 49.4 Å². The third kappa shape index (κ3) is 4.33. The van der Waals surface area contributed by atoms with Crippen LogP contribution in [-0.2, 0) is 16.1 Å². The number of benzene rings is 2. The van der Waals surface area contributed by atoms with Gasteiger partial charge in [-0.25, -0.2) is 0 Å². The van der Waals surface area contributed by atoms with Crippen LogP contribution in [0.1, 0.15) is 5.56 Å². The minimum Gasteiger partial charge on any atom is -0.333 e. The molecule has 0 atom stereocenters. The van der Waals surface area contributed by atoms with Crippen LogP contribution in [0, 0.1) is 0 Å². The van der Waals surface area contributed by atoms with E-state index in [-0.39, 0.29) is 0 Å². The largest absolute Gasteiger partial charge is 0.333 e. The minimum absolute atomic E-state index is 0.378. The summed E-state index contributed by atoms with van der Waals surface area (Å²) in [5.74, 6) is -1.28. The maximum absolute atomic E-state index is 12.0. The molecule has 5 heteroatoms. The number of amides is 2. The van der Waals surface area contributed by atoms with Gasteiger partial charge in [0.2, 0.25) is 0 Å². The number of carbonyl (C=O) groups excluding carboxylic acids is 2. The summed E-state index contributed by atoms with van der Waals surface area (Å²) in [5.41, 5.74) is 1.46. The van der Waals surface area contributed by atoms with E-state index in [1.807, 2.05) is 30.3 Å². The fourth-order valence-corrected chi connectivity index (χ4v) is 2.04. The summed E-state index contributed by atoms with van der Waals surface area (Å²) in [4.78, 5) is 25.3. The van der Waals surface area contributed by atoms with Crippen molar-refractivity contribution in [3.63, 3.8) is 0 Å². The summed E-state index contributed by atoms with van der Waals surface area (Å²) in [6.45, 7) is 0.378. The Labute approximate surface area is 128 Å². The zero-order chi connectivity index (χ0) is 15.2. The second-order valence-corrected chi connectivity index (χ2v) is 5.05. The van der Waals surface area contributed by atoms with Gasteiger partial charge in [-0.3, -0.25) is 9.59 Å². The molecule has 0 heterocycles. The van der Waals surface area contributed by atoms with Crippen molar-refractivity contribution in [1.29, 1.82) is 0 Å². The molecular weight excluding hydrogens is 288 g/mol. The molecule has 1 N–H and O–H groups in total. The van der Waals surface area contributed by atoms with Crippen molar-refractivity contribution >= 4 is 29.1 Å². The van der Waals surface area contributed by atoms with Gasteiger partial charge in [0.25, 0.3) is 0 Å². The Balaban J connectivity index is 1.97. The van der Waals surface area contributed by atoms with Gasteiger partial charge in [0, 0.05) is 24.3 Å². The second-order valence-electron chi connectivity index (χ2n) is 4.61. The summed E-state index contributed by atoms with van der Waals surface area (Å²) >= 11 is 5.83. The quantitative estimate of drug-likeness (QED) is 0.886. The average molecular weight is 303 g/mol. The molecule has 2 rings (SSSR count). The number of likely N-dealkylation sites (N-methyl/N-ethyl adjacent to an activating group) is 1. The lowest BCUT2D eigenvalue weighted by Gasteiger charge is -2.16. The van der Waals surface area contributed by atoms with Gasteiger partial charge in [-0.15, -0.1) is 0 Å². The van der Waals surface area contributed by atoms with Crippen LogP contribution in [0.15, 0.2) is 54.6 Å². The van der Waals surface area contributed by atoms with Gasteiger partial charge in [0.05, 0.1) is 0 Å². The lowest BCUT2D eigenvalue weighted by Crippen LogP contribution is -2.36. The maximum Gasteiger partial charge on any atom is 0.313 e. The van der Waals surface area contributed by atoms with E-state index < -0.39 is 11.8 Å². The smallest absolute Gasteiger partial charge is 0.313 e.